The van der Waals surface area contributed by atoms with Crippen LogP contribution >= 0.6 is 0 Å². The molecule has 17 heavy (non-hydrogen) atoms. The molecule has 98 valence electrons. The minimum absolute atomic E-state index is 0.00958. The zero-order valence-corrected chi connectivity index (χ0v) is 11.1. The van der Waals surface area contributed by atoms with Crippen molar-refractivity contribution in [3.8, 4) is 0 Å². The Hall–Kier alpha value is -0.980. The summed E-state index contributed by atoms with van der Waals surface area (Å²) in [5.41, 5.74) is 2.54. The SMILES string of the molecule is CCOC(C)(CC)C(Cc1ncnn1C)NN. The van der Waals surface area contributed by atoms with Gasteiger partial charge in [0.2, 0.25) is 0 Å². The van der Waals surface area contributed by atoms with Crippen LogP contribution in [0, 0.1) is 0 Å². The van der Waals surface area contributed by atoms with Crippen LogP contribution in [0.3, 0.4) is 0 Å². The van der Waals surface area contributed by atoms with Crippen LogP contribution < -0.4 is 11.3 Å². The summed E-state index contributed by atoms with van der Waals surface area (Å²) in [6, 6.07) is 0.00958. The van der Waals surface area contributed by atoms with Crippen LogP contribution in [-0.4, -0.2) is 33.0 Å². The van der Waals surface area contributed by atoms with Crippen LogP contribution in [0.1, 0.15) is 33.0 Å². The molecule has 0 aliphatic carbocycles. The van der Waals surface area contributed by atoms with E-state index in [1.807, 2.05) is 14.0 Å². The van der Waals surface area contributed by atoms with E-state index in [0.717, 1.165) is 12.2 Å². The molecule has 0 saturated heterocycles. The number of hydrogen-bond acceptors (Lipinski definition) is 5. The predicted octanol–water partition coefficient (Wildman–Crippen LogP) is 0.395. The second-order valence-corrected chi connectivity index (χ2v) is 4.32. The number of rotatable bonds is 7. The van der Waals surface area contributed by atoms with Gasteiger partial charge in [0.05, 0.1) is 11.6 Å². The van der Waals surface area contributed by atoms with Gasteiger partial charge in [-0.3, -0.25) is 16.0 Å². The minimum atomic E-state index is -0.296. The number of hydrazine groups is 1. The third-order valence-electron chi connectivity index (χ3n) is 3.31. The number of nitrogens with two attached hydrogens (primary N) is 1. The number of ether oxygens (including phenoxy) is 1. The molecule has 1 rings (SSSR count). The summed E-state index contributed by atoms with van der Waals surface area (Å²) in [6.07, 6.45) is 3.12. The maximum Gasteiger partial charge on any atom is 0.138 e. The molecule has 0 saturated carbocycles. The third-order valence-corrected chi connectivity index (χ3v) is 3.31. The Bertz CT molecular complexity index is 340. The van der Waals surface area contributed by atoms with Crippen molar-refractivity contribution in [3.05, 3.63) is 12.2 Å². The van der Waals surface area contributed by atoms with Crippen molar-refractivity contribution >= 4 is 0 Å². The zero-order valence-electron chi connectivity index (χ0n) is 11.1. The molecule has 0 spiro atoms. The largest absolute Gasteiger partial charge is 0.374 e. The minimum Gasteiger partial charge on any atom is -0.374 e. The molecule has 2 unspecified atom stereocenters. The average molecular weight is 241 g/mol. The van der Waals surface area contributed by atoms with Crippen molar-refractivity contribution in [1.82, 2.24) is 20.2 Å². The van der Waals surface area contributed by atoms with E-state index in [1.165, 1.54) is 0 Å². The maximum atomic E-state index is 5.82. The highest BCUT2D eigenvalue weighted by atomic mass is 16.5. The third kappa shape index (κ3) is 3.24. The highest BCUT2D eigenvalue weighted by Gasteiger charge is 2.33. The topological polar surface area (TPSA) is 78.0 Å². The lowest BCUT2D eigenvalue weighted by atomic mass is 9.91. The Morgan fingerprint density at radius 2 is 2.29 bits per heavy atom. The Kier molecular flexibility index (Phi) is 5.04. The second kappa shape index (κ2) is 6.09. The quantitative estimate of drug-likeness (QED) is 0.533. The molecule has 0 radical (unpaired) electrons. The molecule has 6 heteroatoms. The van der Waals surface area contributed by atoms with E-state index in [2.05, 4.69) is 29.4 Å². The molecular weight excluding hydrogens is 218 g/mol. The Labute approximate surface area is 103 Å². The number of nitrogens with one attached hydrogen (secondary N) is 1. The molecule has 0 aliphatic heterocycles. The van der Waals surface area contributed by atoms with Crippen molar-refractivity contribution in [2.24, 2.45) is 12.9 Å². The van der Waals surface area contributed by atoms with Gasteiger partial charge in [0, 0.05) is 20.1 Å². The molecule has 1 aromatic heterocycles. The van der Waals surface area contributed by atoms with Gasteiger partial charge >= 0.3 is 0 Å². The lowest BCUT2D eigenvalue weighted by Crippen LogP contribution is -2.54. The van der Waals surface area contributed by atoms with E-state index in [4.69, 9.17) is 10.6 Å². The number of aromatic nitrogens is 3. The fourth-order valence-electron chi connectivity index (χ4n) is 1.92. The van der Waals surface area contributed by atoms with Gasteiger partial charge in [0.1, 0.15) is 12.2 Å². The fraction of sp³-hybridized carbons (Fsp3) is 0.818. The fourth-order valence-corrected chi connectivity index (χ4v) is 1.92. The lowest BCUT2D eigenvalue weighted by Gasteiger charge is -2.36. The van der Waals surface area contributed by atoms with Crippen LogP contribution in [0.5, 0.6) is 0 Å². The molecule has 6 nitrogen and oxygen atoms in total. The van der Waals surface area contributed by atoms with Crippen molar-refractivity contribution in [3.63, 3.8) is 0 Å². The summed E-state index contributed by atoms with van der Waals surface area (Å²) in [4.78, 5) is 4.21. The molecule has 1 aromatic rings. The Balaban J connectivity index is 2.80. The zero-order chi connectivity index (χ0) is 12.9. The van der Waals surface area contributed by atoms with E-state index in [9.17, 15) is 0 Å². The summed E-state index contributed by atoms with van der Waals surface area (Å²) < 4.78 is 7.58. The first-order valence-electron chi connectivity index (χ1n) is 6.00. The monoisotopic (exact) mass is 241 g/mol. The smallest absolute Gasteiger partial charge is 0.138 e. The summed E-state index contributed by atoms with van der Waals surface area (Å²) >= 11 is 0. The van der Waals surface area contributed by atoms with Crippen LogP contribution in [0.15, 0.2) is 6.33 Å². The molecular formula is C11H23N5O. The van der Waals surface area contributed by atoms with Gasteiger partial charge in [0.25, 0.3) is 0 Å². The molecule has 0 aliphatic rings. The first kappa shape index (κ1) is 14.1. The highest BCUT2D eigenvalue weighted by Crippen LogP contribution is 2.22. The number of nitrogens with zero attached hydrogens (tertiary/aromatic N) is 3. The standard InChI is InChI=1S/C11H23N5O/c1-5-11(3,17-6-2)9(15-12)7-10-13-8-14-16(10)4/h8-9,15H,5-7,12H2,1-4H3. The van der Waals surface area contributed by atoms with Crippen LogP contribution in [-0.2, 0) is 18.2 Å². The van der Waals surface area contributed by atoms with Gasteiger partial charge in [-0.2, -0.15) is 5.10 Å². The normalized spacial score (nSPS) is 16.8. The van der Waals surface area contributed by atoms with E-state index in [0.29, 0.717) is 13.0 Å². The Morgan fingerprint density at radius 3 is 2.71 bits per heavy atom. The number of hydrogen-bond donors (Lipinski definition) is 2. The first-order valence-corrected chi connectivity index (χ1v) is 6.00. The average Bonchev–Trinajstić information content (AvgIpc) is 2.72. The molecule has 0 fully saturated rings. The summed E-state index contributed by atoms with van der Waals surface area (Å²) in [5.74, 6) is 6.54. The predicted molar refractivity (Wildman–Crippen MR) is 66.1 cm³/mol. The van der Waals surface area contributed by atoms with Crippen molar-refractivity contribution in [2.75, 3.05) is 6.61 Å². The lowest BCUT2D eigenvalue weighted by molar-refractivity contribution is -0.0556. The van der Waals surface area contributed by atoms with Crippen LogP contribution in [0.2, 0.25) is 0 Å². The second-order valence-electron chi connectivity index (χ2n) is 4.32. The molecule has 0 bridgehead atoms. The summed E-state index contributed by atoms with van der Waals surface area (Å²) in [7, 11) is 1.87. The molecule has 2 atom stereocenters. The van der Waals surface area contributed by atoms with Crippen molar-refractivity contribution in [1.29, 1.82) is 0 Å². The maximum absolute atomic E-state index is 5.82. The highest BCUT2D eigenvalue weighted by molar-refractivity contribution is 4.96. The van der Waals surface area contributed by atoms with Gasteiger partial charge in [0.15, 0.2) is 0 Å². The van der Waals surface area contributed by atoms with Gasteiger partial charge in [-0.1, -0.05) is 6.92 Å². The Morgan fingerprint density at radius 1 is 1.59 bits per heavy atom. The van der Waals surface area contributed by atoms with Crippen molar-refractivity contribution in [2.45, 2.75) is 45.3 Å². The number of aryl methyl sites for hydroxylation is 1. The van der Waals surface area contributed by atoms with E-state index >= 15 is 0 Å². The summed E-state index contributed by atoms with van der Waals surface area (Å²) in [6.45, 7) is 6.82. The summed E-state index contributed by atoms with van der Waals surface area (Å²) in [5, 5.41) is 4.05. The molecule has 0 aromatic carbocycles. The van der Waals surface area contributed by atoms with Gasteiger partial charge < -0.3 is 4.74 Å². The van der Waals surface area contributed by atoms with E-state index in [-0.39, 0.29) is 11.6 Å². The first-order chi connectivity index (χ1) is 8.07. The molecule has 3 N–H and O–H groups in total. The molecule has 0 amide bonds. The van der Waals surface area contributed by atoms with Gasteiger partial charge in [-0.25, -0.2) is 4.98 Å². The van der Waals surface area contributed by atoms with Crippen LogP contribution in [0.25, 0.3) is 0 Å². The van der Waals surface area contributed by atoms with Crippen LogP contribution in [0.4, 0.5) is 0 Å². The van der Waals surface area contributed by atoms with Crippen molar-refractivity contribution < 1.29 is 4.74 Å². The van der Waals surface area contributed by atoms with Gasteiger partial charge in [-0.05, 0) is 20.3 Å². The van der Waals surface area contributed by atoms with E-state index < -0.39 is 0 Å². The van der Waals surface area contributed by atoms with Gasteiger partial charge in [-0.15, -0.1) is 0 Å². The molecule has 1 heterocycles. The van der Waals surface area contributed by atoms with E-state index in [1.54, 1.807) is 11.0 Å².